The van der Waals surface area contributed by atoms with Crippen LogP contribution in [0.25, 0.3) is 15.9 Å². The van der Waals surface area contributed by atoms with E-state index in [0.29, 0.717) is 18.0 Å². The zero-order valence-electron chi connectivity index (χ0n) is 9.34. The zero-order valence-corrected chi connectivity index (χ0v) is 10.2. The third kappa shape index (κ3) is 2.62. The van der Waals surface area contributed by atoms with E-state index in [1.807, 2.05) is 17.5 Å². The standard InChI is InChI=1S/C12H12N2O2S/c1-2-16-11(15)7-9(13)10-4-3-8-5-6-17-12(8)14-10/h3-7H,2,13H2,1H3. The molecule has 2 heterocycles. The average Bonchev–Trinajstić information content (AvgIpc) is 2.75. The van der Waals surface area contributed by atoms with E-state index in [9.17, 15) is 4.79 Å². The summed E-state index contributed by atoms with van der Waals surface area (Å²) in [6.07, 6.45) is 1.26. The van der Waals surface area contributed by atoms with Crippen molar-refractivity contribution in [3.63, 3.8) is 0 Å². The van der Waals surface area contributed by atoms with Crippen LogP contribution in [0.5, 0.6) is 0 Å². The Morgan fingerprint density at radius 1 is 1.53 bits per heavy atom. The Kier molecular flexibility index (Phi) is 3.39. The molecule has 0 atom stereocenters. The number of esters is 1. The number of thiophene rings is 1. The van der Waals surface area contributed by atoms with Gasteiger partial charge in [0.2, 0.25) is 0 Å². The molecule has 0 spiro atoms. The van der Waals surface area contributed by atoms with Crippen molar-refractivity contribution >= 4 is 33.2 Å². The molecule has 0 radical (unpaired) electrons. The number of aromatic nitrogens is 1. The fourth-order valence-corrected chi connectivity index (χ4v) is 2.16. The Hall–Kier alpha value is -1.88. The van der Waals surface area contributed by atoms with Crippen LogP contribution < -0.4 is 5.73 Å². The SMILES string of the molecule is CCOC(=O)C=C(N)c1ccc2ccsc2n1. The molecule has 0 fully saturated rings. The number of pyridine rings is 1. The predicted octanol–water partition coefficient (Wildman–Crippen LogP) is 2.16. The van der Waals surface area contributed by atoms with Gasteiger partial charge in [-0.15, -0.1) is 11.3 Å². The lowest BCUT2D eigenvalue weighted by molar-refractivity contribution is -0.137. The number of nitrogens with zero attached hydrogens (tertiary/aromatic N) is 1. The van der Waals surface area contributed by atoms with Crippen LogP contribution in [0.3, 0.4) is 0 Å². The van der Waals surface area contributed by atoms with Crippen LogP contribution in [0, 0.1) is 0 Å². The third-order valence-corrected chi connectivity index (χ3v) is 3.00. The first-order chi connectivity index (χ1) is 8.20. The molecule has 0 aliphatic rings. The maximum atomic E-state index is 11.2. The van der Waals surface area contributed by atoms with Gasteiger partial charge >= 0.3 is 5.97 Å². The fourth-order valence-electron chi connectivity index (χ4n) is 1.39. The second-order valence-electron chi connectivity index (χ2n) is 3.36. The Morgan fingerprint density at radius 3 is 3.12 bits per heavy atom. The van der Waals surface area contributed by atoms with E-state index in [4.69, 9.17) is 10.5 Å². The maximum absolute atomic E-state index is 11.2. The minimum absolute atomic E-state index is 0.318. The van der Waals surface area contributed by atoms with Crippen LogP contribution in [-0.4, -0.2) is 17.6 Å². The number of ether oxygens (including phenoxy) is 1. The highest BCUT2D eigenvalue weighted by molar-refractivity contribution is 7.16. The minimum Gasteiger partial charge on any atom is -0.463 e. The van der Waals surface area contributed by atoms with Crippen LogP contribution in [0.1, 0.15) is 12.6 Å². The summed E-state index contributed by atoms with van der Waals surface area (Å²) in [6.45, 7) is 2.08. The van der Waals surface area contributed by atoms with E-state index < -0.39 is 5.97 Å². The van der Waals surface area contributed by atoms with Crippen molar-refractivity contribution in [2.45, 2.75) is 6.92 Å². The van der Waals surface area contributed by atoms with E-state index in [1.54, 1.807) is 13.0 Å². The third-order valence-electron chi connectivity index (χ3n) is 2.17. The lowest BCUT2D eigenvalue weighted by Crippen LogP contribution is -2.06. The number of carbonyl (C=O) groups is 1. The number of nitrogens with two attached hydrogens (primary N) is 1. The Morgan fingerprint density at radius 2 is 2.35 bits per heavy atom. The number of carbonyl (C=O) groups excluding carboxylic acids is 1. The Bertz CT molecular complexity index is 575. The zero-order chi connectivity index (χ0) is 12.3. The summed E-state index contributed by atoms with van der Waals surface area (Å²) >= 11 is 1.54. The van der Waals surface area contributed by atoms with Gasteiger partial charge in [-0.3, -0.25) is 0 Å². The van der Waals surface area contributed by atoms with Crippen molar-refractivity contribution in [2.24, 2.45) is 5.73 Å². The van der Waals surface area contributed by atoms with Crippen LogP contribution >= 0.6 is 11.3 Å². The van der Waals surface area contributed by atoms with Crippen LogP contribution in [0.4, 0.5) is 0 Å². The van der Waals surface area contributed by atoms with Crippen molar-refractivity contribution < 1.29 is 9.53 Å². The normalized spacial score (nSPS) is 11.7. The minimum atomic E-state index is -0.446. The van der Waals surface area contributed by atoms with E-state index in [1.165, 1.54) is 17.4 Å². The summed E-state index contributed by atoms with van der Waals surface area (Å²) in [5.74, 6) is -0.446. The van der Waals surface area contributed by atoms with Gasteiger partial charge in [0.15, 0.2) is 0 Å². The van der Waals surface area contributed by atoms with Crippen molar-refractivity contribution in [1.82, 2.24) is 4.98 Å². The molecule has 2 aromatic heterocycles. The predicted molar refractivity (Wildman–Crippen MR) is 68.4 cm³/mol. The van der Waals surface area contributed by atoms with Gasteiger partial charge in [0.1, 0.15) is 4.83 Å². The second kappa shape index (κ2) is 4.97. The van der Waals surface area contributed by atoms with Gasteiger partial charge in [0.25, 0.3) is 0 Å². The van der Waals surface area contributed by atoms with Crippen LogP contribution in [-0.2, 0) is 9.53 Å². The molecule has 0 amide bonds. The first-order valence-electron chi connectivity index (χ1n) is 5.19. The number of hydrogen-bond donors (Lipinski definition) is 1. The molecule has 0 aliphatic carbocycles. The van der Waals surface area contributed by atoms with Crippen molar-refractivity contribution in [3.8, 4) is 0 Å². The summed E-state index contributed by atoms with van der Waals surface area (Å²) in [6, 6.07) is 5.71. The summed E-state index contributed by atoms with van der Waals surface area (Å²) in [4.78, 5) is 16.5. The van der Waals surface area contributed by atoms with Crippen molar-refractivity contribution in [1.29, 1.82) is 0 Å². The number of fused-ring (bicyclic) bond motifs is 1. The first-order valence-corrected chi connectivity index (χ1v) is 6.07. The second-order valence-corrected chi connectivity index (χ2v) is 4.26. The summed E-state index contributed by atoms with van der Waals surface area (Å²) in [5.41, 5.74) is 6.70. The Balaban J connectivity index is 2.29. The van der Waals surface area contributed by atoms with Gasteiger partial charge in [-0.1, -0.05) is 0 Å². The van der Waals surface area contributed by atoms with Crippen molar-refractivity contribution in [2.75, 3.05) is 6.61 Å². The molecular weight excluding hydrogens is 236 g/mol. The first kappa shape index (κ1) is 11.6. The monoisotopic (exact) mass is 248 g/mol. The molecule has 4 nitrogen and oxygen atoms in total. The van der Waals surface area contributed by atoms with Crippen LogP contribution in [0.2, 0.25) is 0 Å². The van der Waals surface area contributed by atoms with Gasteiger partial charge in [0, 0.05) is 11.5 Å². The average molecular weight is 248 g/mol. The van der Waals surface area contributed by atoms with E-state index in [-0.39, 0.29) is 0 Å². The molecule has 0 bridgehead atoms. The highest BCUT2D eigenvalue weighted by Gasteiger charge is 2.04. The van der Waals surface area contributed by atoms with Gasteiger partial charge in [-0.05, 0) is 30.5 Å². The fraction of sp³-hybridized carbons (Fsp3) is 0.167. The molecule has 2 aromatic rings. The van der Waals surface area contributed by atoms with Gasteiger partial charge in [-0.2, -0.15) is 0 Å². The lowest BCUT2D eigenvalue weighted by atomic mass is 10.2. The quantitative estimate of drug-likeness (QED) is 0.667. The smallest absolute Gasteiger partial charge is 0.332 e. The lowest BCUT2D eigenvalue weighted by Gasteiger charge is -2.01. The van der Waals surface area contributed by atoms with E-state index >= 15 is 0 Å². The summed E-state index contributed by atoms with van der Waals surface area (Å²) < 4.78 is 4.79. The highest BCUT2D eigenvalue weighted by atomic mass is 32.1. The molecule has 0 aliphatic heterocycles. The molecule has 88 valence electrons. The molecule has 0 saturated heterocycles. The highest BCUT2D eigenvalue weighted by Crippen LogP contribution is 2.20. The molecule has 0 unspecified atom stereocenters. The topological polar surface area (TPSA) is 65.2 Å². The van der Waals surface area contributed by atoms with Crippen LogP contribution in [0.15, 0.2) is 29.7 Å². The summed E-state index contributed by atoms with van der Waals surface area (Å²) in [7, 11) is 0. The van der Waals surface area contributed by atoms with Gasteiger partial charge in [0.05, 0.1) is 18.0 Å². The van der Waals surface area contributed by atoms with Gasteiger partial charge in [-0.25, -0.2) is 9.78 Å². The van der Waals surface area contributed by atoms with Crippen molar-refractivity contribution in [3.05, 3.63) is 35.3 Å². The van der Waals surface area contributed by atoms with E-state index in [0.717, 1.165) is 10.2 Å². The number of hydrogen-bond acceptors (Lipinski definition) is 5. The molecule has 2 rings (SSSR count). The maximum Gasteiger partial charge on any atom is 0.332 e. The summed E-state index contributed by atoms with van der Waals surface area (Å²) in [5, 5.41) is 3.04. The number of rotatable bonds is 3. The Labute approximate surface area is 103 Å². The van der Waals surface area contributed by atoms with Gasteiger partial charge < -0.3 is 10.5 Å². The molecule has 0 saturated carbocycles. The largest absolute Gasteiger partial charge is 0.463 e. The molecule has 0 aromatic carbocycles. The molecular formula is C12H12N2O2S. The molecule has 17 heavy (non-hydrogen) atoms. The molecule has 2 N–H and O–H groups in total. The van der Waals surface area contributed by atoms with E-state index in [2.05, 4.69) is 4.98 Å². The molecule has 5 heteroatoms.